The van der Waals surface area contributed by atoms with Crippen molar-refractivity contribution < 1.29 is 14.3 Å². The largest absolute Gasteiger partial charge is 0.378 e. The molecule has 4 rings (SSSR count). The van der Waals surface area contributed by atoms with Crippen LogP contribution in [-0.4, -0.2) is 67.4 Å². The second kappa shape index (κ2) is 7.09. The van der Waals surface area contributed by atoms with Crippen LogP contribution in [0.1, 0.15) is 36.0 Å². The Labute approximate surface area is 153 Å². The third-order valence-electron chi connectivity index (χ3n) is 5.33. The van der Waals surface area contributed by atoms with Gasteiger partial charge in [0.25, 0.3) is 5.91 Å². The number of halogens is 1. The van der Waals surface area contributed by atoms with E-state index in [-0.39, 0.29) is 11.5 Å². The molecule has 136 valence electrons. The third-order valence-corrected chi connectivity index (χ3v) is 5.61. The van der Waals surface area contributed by atoms with E-state index in [9.17, 15) is 4.79 Å². The summed E-state index contributed by atoms with van der Waals surface area (Å²) in [6.07, 6.45) is 5.90. The number of morpholine rings is 1. The zero-order valence-corrected chi connectivity index (χ0v) is 15.1. The number of anilines is 1. The number of pyridine rings is 1. The van der Waals surface area contributed by atoms with Crippen LogP contribution in [0.3, 0.4) is 0 Å². The van der Waals surface area contributed by atoms with Crippen molar-refractivity contribution in [1.82, 2.24) is 9.88 Å². The fourth-order valence-corrected chi connectivity index (χ4v) is 4.20. The molecule has 0 radical (unpaired) electrons. The highest BCUT2D eigenvalue weighted by Crippen LogP contribution is 2.32. The van der Waals surface area contributed by atoms with Crippen molar-refractivity contribution in [3.63, 3.8) is 0 Å². The van der Waals surface area contributed by atoms with Crippen molar-refractivity contribution in [2.75, 3.05) is 50.9 Å². The zero-order chi connectivity index (χ0) is 17.3. The number of nitrogens with zero attached hydrogens (tertiary/aromatic N) is 3. The van der Waals surface area contributed by atoms with Crippen molar-refractivity contribution in [2.45, 2.75) is 31.3 Å². The molecule has 3 aliphatic rings. The fraction of sp³-hybridized carbons (Fsp3) is 0.667. The monoisotopic (exact) mass is 365 g/mol. The van der Waals surface area contributed by atoms with Crippen molar-refractivity contribution in [3.8, 4) is 0 Å². The van der Waals surface area contributed by atoms with Crippen LogP contribution in [0, 0.1) is 0 Å². The van der Waals surface area contributed by atoms with E-state index in [0.29, 0.717) is 23.8 Å². The van der Waals surface area contributed by atoms with Crippen molar-refractivity contribution >= 4 is 23.3 Å². The minimum atomic E-state index is -0.244. The lowest BCUT2D eigenvalue weighted by Gasteiger charge is -2.40. The number of ether oxygens (including phenoxy) is 2. The summed E-state index contributed by atoms with van der Waals surface area (Å²) >= 11 is 6.49. The van der Waals surface area contributed by atoms with Gasteiger partial charge in [0.15, 0.2) is 0 Å². The predicted octanol–water partition coefficient (Wildman–Crippen LogP) is 2.36. The maximum Gasteiger partial charge on any atom is 0.255 e. The summed E-state index contributed by atoms with van der Waals surface area (Å²) in [6, 6.07) is 1.76. The number of carbonyl (C=O) groups is 1. The van der Waals surface area contributed by atoms with Crippen molar-refractivity contribution in [2.24, 2.45) is 0 Å². The summed E-state index contributed by atoms with van der Waals surface area (Å²) < 4.78 is 11.5. The van der Waals surface area contributed by atoms with Crippen LogP contribution in [0.15, 0.2) is 12.3 Å². The number of hydrogen-bond acceptors (Lipinski definition) is 5. The van der Waals surface area contributed by atoms with Gasteiger partial charge in [-0.1, -0.05) is 11.6 Å². The number of hydrogen-bond donors (Lipinski definition) is 0. The lowest BCUT2D eigenvalue weighted by Crippen LogP contribution is -2.52. The molecule has 0 aliphatic carbocycles. The van der Waals surface area contributed by atoms with Gasteiger partial charge in [-0.15, -0.1) is 0 Å². The Bertz CT molecular complexity index is 642. The summed E-state index contributed by atoms with van der Waals surface area (Å²) in [5.74, 6) is 0.759. The van der Waals surface area contributed by atoms with Gasteiger partial charge in [0, 0.05) is 38.9 Å². The van der Waals surface area contributed by atoms with Crippen LogP contribution in [0.25, 0.3) is 0 Å². The Morgan fingerprint density at radius 2 is 2.04 bits per heavy atom. The molecule has 1 amide bonds. The van der Waals surface area contributed by atoms with Gasteiger partial charge in [-0.05, 0) is 25.3 Å². The van der Waals surface area contributed by atoms with Gasteiger partial charge in [0.2, 0.25) is 0 Å². The summed E-state index contributed by atoms with van der Waals surface area (Å²) in [7, 11) is 0. The average molecular weight is 366 g/mol. The highest BCUT2D eigenvalue weighted by atomic mass is 35.5. The molecule has 0 saturated carbocycles. The lowest BCUT2D eigenvalue weighted by molar-refractivity contribution is -0.0581. The molecule has 3 aliphatic heterocycles. The van der Waals surface area contributed by atoms with E-state index < -0.39 is 0 Å². The molecule has 4 heterocycles. The molecule has 0 N–H and O–H groups in total. The van der Waals surface area contributed by atoms with Crippen LogP contribution in [0.4, 0.5) is 5.82 Å². The Kier molecular flexibility index (Phi) is 4.84. The van der Waals surface area contributed by atoms with E-state index in [0.717, 1.165) is 57.9 Å². The van der Waals surface area contributed by atoms with E-state index >= 15 is 0 Å². The molecule has 0 aromatic carbocycles. The van der Waals surface area contributed by atoms with Crippen LogP contribution in [-0.2, 0) is 9.47 Å². The molecule has 0 bridgehead atoms. The van der Waals surface area contributed by atoms with E-state index in [1.54, 1.807) is 12.3 Å². The molecule has 1 atom stereocenters. The first-order chi connectivity index (χ1) is 12.2. The minimum Gasteiger partial charge on any atom is -0.378 e. The first-order valence-electron chi connectivity index (χ1n) is 9.08. The van der Waals surface area contributed by atoms with Gasteiger partial charge >= 0.3 is 0 Å². The number of likely N-dealkylation sites (tertiary alicyclic amines) is 1. The summed E-state index contributed by atoms with van der Waals surface area (Å²) in [6.45, 7) is 5.10. The maximum absolute atomic E-state index is 12.6. The summed E-state index contributed by atoms with van der Waals surface area (Å²) in [5, 5.41) is 0.527. The number of carbonyl (C=O) groups excluding carboxylic acids is 1. The molecule has 7 heteroatoms. The molecule has 1 aromatic rings. The van der Waals surface area contributed by atoms with Crippen molar-refractivity contribution in [1.29, 1.82) is 0 Å². The van der Waals surface area contributed by atoms with Gasteiger partial charge in [-0.2, -0.15) is 0 Å². The fourth-order valence-electron chi connectivity index (χ4n) is 3.91. The second-order valence-corrected chi connectivity index (χ2v) is 7.55. The zero-order valence-electron chi connectivity index (χ0n) is 14.4. The molecule has 3 saturated heterocycles. The molecular formula is C18H24ClN3O3. The van der Waals surface area contributed by atoms with Gasteiger partial charge < -0.3 is 19.3 Å². The second-order valence-electron chi connectivity index (χ2n) is 7.14. The molecule has 3 fully saturated rings. The summed E-state index contributed by atoms with van der Waals surface area (Å²) in [4.78, 5) is 21.2. The molecule has 1 aromatic heterocycles. The Morgan fingerprint density at radius 3 is 2.76 bits per heavy atom. The molecule has 1 spiro atoms. The van der Waals surface area contributed by atoms with Gasteiger partial charge in [0.1, 0.15) is 11.4 Å². The molecule has 1 unspecified atom stereocenters. The van der Waals surface area contributed by atoms with E-state index in [4.69, 9.17) is 21.1 Å². The van der Waals surface area contributed by atoms with Crippen LogP contribution >= 0.6 is 11.6 Å². The number of amides is 1. The van der Waals surface area contributed by atoms with E-state index in [1.165, 1.54) is 6.42 Å². The first-order valence-corrected chi connectivity index (χ1v) is 9.46. The Balaban J connectivity index is 1.50. The van der Waals surface area contributed by atoms with Crippen molar-refractivity contribution in [3.05, 3.63) is 22.8 Å². The SMILES string of the molecule is O=C(c1cnc(N2CCOC3(CCOC3)C2)c(Cl)c1)N1CCCCC1. The van der Waals surface area contributed by atoms with E-state index in [2.05, 4.69) is 9.88 Å². The van der Waals surface area contributed by atoms with Gasteiger partial charge in [0.05, 0.1) is 30.3 Å². The minimum absolute atomic E-state index is 0.0308. The highest BCUT2D eigenvalue weighted by molar-refractivity contribution is 6.33. The molecular weight excluding hydrogens is 342 g/mol. The lowest BCUT2D eigenvalue weighted by atomic mass is 10.0. The predicted molar refractivity (Wildman–Crippen MR) is 95.3 cm³/mol. The van der Waals surface area contributed by atoms with Crippen LogP contribution in [0.2, 0.25) is 5.02 Å². The normalized spacial score (nSPS) is 27.1. The van der Waals surface area contributed by atoms with Crippen LogP contribution < -0.4 is 4.90 Å². The number of rotatable bonds is 2. The van der Waals surface area contributed by atoms with Gasteiger partial charge in [-0.25, -0.2) is 4.98 Å². The highest BCUT2D eigenvalue weighted by Gasteiger charge is 2.41. The number of piperidine rings is 1. The maximum atomic E-state index is 12.6. The standard InChI is InChI=1S/C18H24ClN3O3/c19-15-10-14(17(23)21-5-2-1-3-6-21)11-20-16(15)22-7-9-25-18(12-22)4-8-24-13-18/h10-11H,1-9,12-13H2. The number of aromatic nitrogens is 1. The first kappa shape index (κ1) is 17.1. The Hall–Kier alpha value is -1.37. The smallest absolute Gasteiger partial charge is 0.255 e. The molecule has 6 nitrogen and oxygen atoms in total. The van der Waals surface area contributed by atoms with E-state index in [1.807, 2.05) is 4.90 Å². The molecule has 25 heavy (non-hydrogen) atoms. The Morgan fingerprint density at radius 1 is 1.20 bits per heavy atom. The summed E-state index contributed by atoms with van der Waals surface area (Å²) in [5.41, 5.74) is 0.328. The average Bonchev–Trinajstić information content (AvgIpc) is 3.09. The quantitative estimate of drug-likeness (QED) is 0.805. The van der Waals surface area contributed by atoms with Crippen LogP contribution in [0.5, 0.6) is 0 Å². The van der Waals surface area contributed by atoms with Gasteiger partial charge in [-0.3, -0.25) is 4.79 Å². The topological polar surface area (TPSA) is 54.9 Å². The third kappa shape index (κ3) is 3.48.